The van der Waals surface area contributed by atoms with Gasteiger partial charge in [0.1, 0.15) is 0 Å². The van der Waals surface area contributed by atoms with Crippen molar-refractivity contribution in [3.8, 4) is 5.75 Å². The molecule has 0 bridgehead atoms. The molecule has 0 saturated carbocycles. The Hall–Kier alpha value is -1.62. The number of para-hydroxylation sites is 1. The van der Waals surface area contributed by atoms with Crippen molar-refractivity contribution in [2.45, 2.75) is 6.54 Å². The Bertz CT molecular complexity index is 325. The molecule has 0 aliphatic heterocycles. The summed E-state index contributed by atoms with van der Waals surface area (Å²) in [4.78, 5) is 10.0. The zero-order valence-electron chi connectivity index (χ0n) is 7.19. The molecule has 0 unspecified atom stereocenters. The number of nitrogens with zero attached hydrogens (tertiary/aromatic N) is 1. The van der Waals surface area contributed by atoms with Crippen molar-refractivity contribution in [3.63, 3.8) is 0 Å². The fourth-order valence-electron chi connectivity index (χ4n) is 1.11. The summed E-state index contributed by atoms with van der Waals surface area (Å²) < 4.78 is 4.91. The first kappa shape index (κ1) is 9.47. The molecular formula is C8H10N2O3. The van der Waals surface area contributed by atoms with E-state index in [2.05, 4.69) is 0 Å². The predicted octanol–water partition coefficient (Wildman–Crippen LogP) is 1.06. The van der Waals surface area contributed by atoms with Crippen LogP contribution >= 0.6 is 0 Å². The monoisotopic (exact) mass is 182 g/mol. The van der Waals surface area contributed by atoms with Crippen LogP contribution in [0, 0.1) is 10.1 Å². The molecule has 0 fully saturated rings. The first-order valence-electron chi connectivity index (χ1n) is 3.71. The van der Waals surface area contributed by atoms with E-state index in [4.69, 9.17) is 10.5 Å². The number of methoxy groups -OCH3 is 1. The average molecular weight is 182 g/mol. The number of hydrogen-bond acceptors (Lipinski definition) is 4. The molecule has 70 valence electrons. The van der Waals surface area contributed by atoms with Gasteiger partial charge < -0.3 is 10.5 Å². The first-order chi connectivity index (χ1) is 6.20. The summed E-state index contributed by atoms with van der Waals surface area (Å²) in [6, 6.07) is 4.67. The Labute approximate surface area is 75.3 Å². The Morgan fingerprint density at radius 1 is 1.62 bits per heavy atom. The fourth-order valence-corrected chi connectivity index (χ4v) is 1.11. The van der Waals surface area contributed by atoms with Crippen LogP contribution in [0.3, 0.4) is 0 Å². The molecule has 0 aliphatic rings. The van der Waals surface area contributed by atoms with Crippen LogP contribution in [-0.2, 0) is 6.54 Å². The minimum Gasteiger partial charge on any atom is -0.490 e. The second kappa shape index (κ2) is 3.86. The van der Waals surface area contributed by atoms with E-state index in [9.17, 15) is 10.1 Å². The van der Waals surface area contributed by atoms with Crippen molar-refractivity contribution >= 4 is 5.69 Å². The van der Waals surface area contributed by atoms with E-state index in [1.165, 1.54) is 13.2 Å². The van der Waals surface area contributed by atoms with Crippen LogP contribution in [-0.4, -0.2) is 12.0 Å². The Kier molecular flexibility index (Phi) is 2.81. The summed E-state index contributed by atoms with van der Waals surface area (Å²) in [6.07, 6.45) is 0. The van der Waals surface area contributed by atoms with Crippen LogP contribution in [0.2, 0.25) is 0 Å². The van der Waals surface area contributed by atoms with Crippen molar-refractivity contribution in [1.82, 2.24) is 0 Å². The molecule has 1 aromatic carbocycles. The quantitative estimate of drug-likeness (QED) is 0.560. The van der Waals surface area contributed by atoms with Crippen LogP contribution in [0.4, 0.5) is 5.69 Å². The standard InChI is InChI=1S/C8H10N2O3/c1-13-8-6(5-9)3-2-4-7(8)10(11)12/h2-4H,5,9H2,1H3. The molecule has 2 N–H and O–H groups in total. The number of ether oxygens (including phenoxy) is 1. The lowest BCUT2D eigenvalue weighted by molar-refractivity contribution is -0.385. The van der Waals surface area contributed by atoms with E-state index in [0.717, 1.165) is 0 Å². The average Bonchev–Trinajstić information content (AvgIpc) is 2.16. The summed E-state index contributed by atoms with van der Waals surface area (Å²) in [7, 11) is 1.39. The third-order valence-corrected chi connectivity index (χ3v) is 1.70. The lowest BCUT2D eigenvalue weighted by Crippen LogP contribution is -2.02. The van der Waals surface area contributed by atoms with Crippen LogP contribution in [0.25, 0.3) is 0 Å². The normalized spacial score (nSPS) is 9.69. The van der Waals surface area contributed by atoms with Crippen LogP contribution < -0.4 is 10.5 Å². The van der Waals surface area contributed by atoms with E-state index in [-0.39, 0.29) is 18.0 Å². The zero-order valence-corrected chi connectivity index (χ0v) is 7.19. The highest BCUT2D eigenvalue weighted by Crippen LogP contribution is 2.29. The van der Waals surface area contributed by atoms with Gasteiger partial charge >= 0.3 is 5.69 Å². The molecule has 1 aromatic rings. The molecule has 0 saturated heterocycles. The second-order valence-corrected chi connectivity index (χ2v) is 2.43. The lowest BCUT2D eigenvalue weighted by atomic mass is 10.2. The lowest BCUT2D eigenvalue weighted by Gasteiger charge is -2.05. The van der Waals surface area contributed by atoms with Crippen molar-refractivity contribution < 1.29 is 9.66 Å². The number of rotatable bonds is 3. The van der Waals surface area contributed by atoms with Crippen LogP contribution in [0.15, 0.2) is 18.2 Å². The molecule has 5 nitrogen and oxygen atoms in total. The minimum absolute atomic E-state index is 0.0505. The van der Waals surface area contributed by atoms with Crippen LogP contribution in [0.5, 0.6) is 5.75 Å². The van der Waals surface area contributed by atoms with Crippen LogP contribution in [0.1, 0.15) is 5.56 Å². The van der Waals surface area contributed by atoms with Gasteiger partial charge in [0.2, 0.25) is 5.75 Å². The summed E-state index contributed by atoms with van der Waals surface area (Å²) in [5.74, 6) is 0.245. The molecule has 13 heavy (non-hydrogen) atoms. The summed E-state index contributed by atoms with van der Waals surface area (Å²) in [5, 5.41) is 10.5. The van der Waals surface area contributed by atoms with Gasteiger partial charge in [-0.2, -0.15) is 0 Å². The van der Waals surface area contributed by atoms with E-state index in [0.29, 0.717) is 5.56 Å². The van der Waals surface area contributed by atoms with E-state index < -0.39 is 4.92 Å². The summed E-state index contributed by atoms with van der Waals surface area (Å²) >= 11 is 0. The molecule has 0 aromatic heterocycles. The van der Waals surface area contributed by atoms with Crippen molar-refractivity contribution in [1.29, 1.82) is 0 Å². The highest BCUT2D eigenvalue weighted by Gasteiger charge is 2.16. The summed E-state index contributed by atoms with van der Waals surface area (Å²) in [6.45, 7) is 0.227. The number of benzene rings is 1. The molecule has 1 rings (SSSR count). The fraction of sp³-hybridized carbons (Fsp3) is 0.250. The number of nitro benzene ring substituents is 1. The van der Waals surface area contributed by atoms with Crippen molar-refractivity contribution in [2.24, 2.45) is 5.73 Å². The number of nitro groups is 1. The minimum atomic E-state index is -0.488. The van der Waals surface area contributed by atoms with E-state index >= 15 is 0 Å². The van der Waals surface area contributed by atoms with Gasteiger partial charge in [-0.05, 0) is 0 Å². The largest absolute Gasteiger partial charge is 0.490 e. The predicted molar refractivity (Wildman–Crippen MR) is 47.5 cm³/mol. The summed E-state index contributed by atoms with van der Waals surface area (Å²) in [5.41, 5.74) is 5.98. The van der Waals surface area contributed by atoms with Crippen molar-refractivity contribution in [3.05, 3.63) is 33.9 Å². The third kappa shape index (κ3) is 1.75. The Morgan fingerprint density at radius 3 is 2.77 bits per heavy atom. The van der Waals surface area contributed by atoms with Gasteiger partial charge in [-0.3, -0.25) is 10.1 Å². The molecular weight excluding hydrogens is 172 g/mol. The highest BCUT2D eigenvalue weighted by atomic mass is 16.6. The third-order valence-electron chi connectivity index (χ3n) is 1.70. The van der Waals surface area contributed by atoms with Gasteiger partial charge in [0.15, 0.2) is 0 Å². The van der Waals surface area contributed by atoms with Gasteiger partial charge in [0.25, 0.3) is 0 Å². The molecule has 0 amide bonds. The van der Waals surface area contributed by atoms with E-state index in [1.54, 1.807) is 12.1 Å². The van der Waals surface area contributed by atoms with Gasteiger partial charge in [0, 0.05) is 18.2 Å². The number of nitrogens with two attached hydrogens (primary N) is 1. The molecule has 0 atom stereocenters. The molecule has 0 heterocycles. The second-order valence-electron chi connectivity index (χ2n) is 2.43. The van der Waals surface area contributed by atoms with Gasteiger partial charge in [-0.1, -0.05) is 12.1 Å². The molecule has 0 aliphatic carbocycles. The highest BCUT2D eigenvalue weighted by molar-refractivity contribution is 5.51. The smallest absolute Gasteiger partial charge is 0.311 e. The maximum absolute atomic E-state index is 10.5. The maximum atomic E-state index is 10.5. The Morgan fingerprint density at radius 2 is 2.31 bits per heavy atom. The van der Waals surface area contributed by atoms with Crippen molar-refractivity contribution in [2.75, 3.05) is 7.11 Å². The topological polar surface area (TPSA) is 78.4 Å². The molecule has 0 radical (unpaired) electrons. The number of hydrogen-bond donors (Lipinski definition) is 1. The van der Waals surface area contributed by atoms with E-state index in [1.807, 2.05) is 0 Å². The molecule has 5 heteroatoms. The Balaban J connectivity index is 3.27. The SMILES string of the molecule is COc1c(CN)cccc1[N+](=O)[O-]. The zero-order chi connectivity index (χ0) is 9.84. The molecule has 0 spiro atoms. The van der Waals surface area contributed by atoms with Gasteiger partial charge in [-0.25, -0.2) is 0 Å². The first-order valence-corrected chi connectivity index (χ1v) is 3.71. The van der Waals surface area contributed by atoms with Gasteiger partial charge in [0.05, 0.1) is 12.0 Å². The van der Waals surface area contributed by atoms with Gasteiger partial charge in [-0.15, -0.1) is 0 Å². The maximum Gasteiger partial charge on any atom is 0.311 e.